The number of hydrogen-bond donors (Lipinski definition) is 1. The summed E-state index contributed by atoms with van der Waals surface area (Å²) in [6, 6.07) is 13.4. The number of methoxy groups -OCH3 is 1. The van der Waals surface area contributed by atoms with Gasteiger partial charge in [-0.1, -0.05) is 24.3 Å². The molecule has 1 aromatic carbocycles. The standard InChI is InChI=1S/C19H18N2O4S2/c1-25-16-8-3-2-7-15(16)19(22)21-13-17(14-6-4-10-20-12-14)27(23,24)18-9-5-11-26-18/h2-12,17H,13H2,1H3,(H,21,22)/t17-/m1/s1. The Morgan fingerprint density at radius 2 is 2.00 bits per heavy atom. The van der Waals surface area contributed by atoms with Gasteiger partial charge in [-0.3, -0.25) is 9.78 Å². The normalized spacial score (nSPS) is 12.3. The summed E-state index contributed by atoms with van der Waals surface area (Å²) < 4.78 is 31.6. The molecule has 0 saturated heterocycles. The fourth-order valence-corrected chi connectivity index (χ4v) is 5.50. The lowest BCUT2D eigenvalue weighted by Crippen LogP contribution is -2.32. The van der Waals surface area contributed by atoms with E-state index in [-0.39, 0.29) is 10.8 Å². The number of nitrogens with one attached hydrogen (secondary N) is 1. The van der Waals surface area contributed by atoms with Crippen LogP contribution in [0.3, 0.4) is 0 Å². The molecule has 3 aromatic rings. The molecule has 1 N–H and O–H groups in total. The molecule has 3 rings (SSSR count). The van der Waals surface area contributed by atoms with E-state index < -0.39 is 21.0 Å². The van der Waals surface area contributed by atoms with E-state index in [1.807, 2.05) is 0 Å². The molecule has 0 aliphatic carbocycles. The number of rotatable bonds is 7. The van der Waals surface area contributed by atoms with Crippen LogP contribution in [0, 0.1) is 0 Å². The van der Waals surface area contributed by atoms with Crippen LogP contribution >= 0.6 is 11.3 Å². The molecule has 1 atom stereocenters. The lowest BCUT2D eigenvalue weighted by Gasteiger charge is -2.18. The summed E-state index contributed by atoms with van der Waals surface area (Å²) in [4.78, 5) is 16.6. The minimum atomic E-state index is -3.67. The maximum Gasteiger partial charge on any atom is 0.255 e. The van der Waals surface area contributed by atoms with Gasteiger partial charge in [0.25, 0.3) is 5.91 Å². The van der Waals surface area contributed by atoms with Gasteiger partial charge in [0, 0.05) is 18.9 Å². The second-order valence-corrected chi connectivity index (χ2v) is 8.97. The Kier molecular flexibility index (Phi) is 5.88. The molecular formula is C19H18N2O4S2. The molecule has 2 heterocycles. The zero-order valence-electron chi connectivity index (χ0n) is 14.5. The number of sulfone groups is 1. The SMILES string of the molecule is COc1ccccc1C(=O)NC[C@H](c1cccnc1)S(=O)(=O)c1cccs1. The summed E-state index contributed by atoms with van der Waals surface area (Å²) in [5.74, 6) is 0.0248. The fourth-order valence-electron chi connectivity index (χ4n) is 2.65. The predicted octanol–water partition coefficient (Wildman–Crippen LogP) is 3.10. The van der Waals surface area contributed by atoms with Crippen molar-refractivity contribution >= 4 is 27.1 Å². The Morgan fingerprint density at radius 3 is 2.67 bits per heavy atom. The van der Waals surface area contributed by atoms with E-state index in [4.69, 9.17) is 4.74 Å². The third kappa shape index (κ3) is 4.17. The van der Waals surface area contributed by atoms with Crippen molar-refractivity contribution in [2.75, 3.05) is 13.7 Å². The lowest BCUT2D eigenvalue weighted by molar-refractivity contribution is 0.0950. The molecular weight excluding hydrogens is 384 g/mol. The van der Waals surface area contributed by atoms with Gasteiger partial charge >= 0.3 is 0 Å². The summed E-state index contributed by atoms with van der Waals surface area (Å²) in [7, 11) is -2.19. The fraction of sp³-hybridized carbons (Fsp3) is 0.158. The van der Waals surface area contributed by atoms with Crippen LogP contribution in [0.4, 0.5) is 0 Å². The molecule has 0 spiro atoms. The Hall–Kier alpha value is -2.71. The highest BCUT2D eigenvalue weighted by atomic mass is 32.2. The molecule has 0 aliphatic rings. The monoisotopic (exact) mass is 402 g/mol. The van der Waals surface area contributed by atoms with Crippen LogP contribution in [0.1, 0.15) is 21.2 Å². The van der Waals surface area contributed by atoms with E-state index in [1.165, 1.54) is 13.3 Å². The Bertz CT molecular complexity index is 1000. The van der Waals surface area contributed by atoms with Crippen molar-refractivity contribution in [3.63, 3.8) is 0 Å². The first kappa shape index (κ1) is 19.1. The topological polar surface area (TPSA) is 85.4 Å². The largest absolute Gasteiger partial charge is 0.496 e. The van der Waals surface area contributed by atoms with Gasteiger partial charge in [0.1, 0.15) is 15.2 Å². The minimum absolute atomic E-state index is 0.0805. The van der Waals surface area contributed by atoms with Crippen molar-refractivity contribution in [2.24, 2.45) is 0 Å². The molecule has 0 unspecified atom stereocenters. The average Bonchev–Trinajstić information content (AvgIpc) is 3.24. The average molecular weight is 402 g/mol. The highest BCUT2D eigenvalue weighted by Gasteiger charge is 2.31. The van der Waals surface area contributed by atoms with Crippen molar-refractivity contribution in [3.8, 4) is 5.75 Å². The number of thiophene rings is 1. The van der Waals surface area contributed by atoms with Gasteiger partial charge in [0.2, 0.25) is 0 Å². The molecule has 1 amide bonds. The highest BCUT2D eigenvalue weighted by Crippen LogP contribution is 2.31. The number of carbonyl (C=O) groups excluding carboxylic acids is 1. The first-order valence-electron chi connectivity index (χ1n) is 8.12. The van der Waals surface area contributed by atoms with Crippen LogP contribution in [0.15, 0.2) is 70.5 Å². The van der Waals surface area contributed by atoms with Gasteiger partial charge in [-0.05, 0) is 35.2 Å². The van der Waals surface area contributed by atoms with Crippen molar-refractivity contribution in [1.82, 2.24) is 10.3 Å². The summed E-state index contributed by atoms with van der Waals surface area (Å²) in [6.45, 7) is -0.0805. The third-order valence-corrected chi connectivity index (χ3v) is 7.54. The molecule has 0 aliphatic heterocycles. The van der Waals surface area contributed by atoms with Crippen LogP contribution in [0.2, 0.25) is 0 Å². The van der Waals surface area contributed by atoms with Crippen molar-refractivity contribution in [3.05, 3.63) is 77.4 Å². The van der Waals surface area contributed by atoms with Crippen molar-refractivity contribution < 1.29 is 17.9 Å². The van der Waals surface area contributed by atoms with Crippen LogP contribution in [-0.4, -0.2) is 33.0 Å². The van der Waals surface area contributed by atoms with Gasteiger partial charge in [-0.25, -0.2) is 8.42 Å². The van der Waals surface area contributed by atoms with Crippen molar-refractivity contribution in [1.29, 1.82) is 0 Å². The van der Waals surface area contributed by atoms with E-state index in [0.29, 0.717) is 16.9 Å². The first-order chi connectivity index (χ1) is 13.0. The van der Waals surface area contributed by atoms with E-state index in [1.54, 1.807) is 60.1 Å². The number of benzene rings is 1. The predicted molar refractivity (Wildman–Crippen MR) is 104 cm³/mol. The maximum absolute atomic E-state index is 13.1. The summed E-state index contributed by atoms with van der Waals surface area (Å²) in [5, 5.41) is 3.49. The quantitative estimate of drug-likeness (QED) is 0.656. The van der Waals surface area contributed by atoms with Gasteiger partial charge in [-0.15, -0.1) is 11.3 Å². The van der Waals surface area contributed by atoms with Crippen LogP contribution < -0.4 is 10.1 Å². The summed E-state index contributed by atoms with van der Waals surface area (Å²) in [6.07, 6.45) is 3.08. The molecule has 2 aromatic heterocycles. The van der Waals surface area contributed by atoms with Gasteiger partial charge in [0.15, 0.2) is 9.84 Å². The Morgan fingerprint density at radius 1 is 1.19 bits per heavy atom. The number of carbonyl (C=O) groups is 1. The number of nitrogens with zero attached hydrogens (tertiary/aromatic N) is 1. The maximum atomic E-state index is 13.1. The van der Waals surface area contributed by atoms with Gasteiger partial charge in [-0.2, -0.15) is 0 Å². The molecule has 27 heavy (non-hydrogen) atoms. The zero-order chi connectivity index (χ0) is 19.3. The van der Waals surface area contributed by atoms with E-state index in [0.717, 1.165) is 11.3 Å². The molecule has 8 heteroatoms. The first-order valence-corrected chi connectivity index (χ1v) is 10.5. The van der Waals surface area contributed by atoms with Crippen LogP contribution in [0.25, 0.3) is 0 Å². The Labute approximate surface area is 161 Å². The molecule has 6 nitrogen and oxygen atoms in total. The van der Waals surface area contributed by atoms with E-state index in [9.17, 15) is 13.2 Å². The number of ether oxygens (including phenoxy) is 1. The lowest BCUT2D eigenvalue weighted by atomic mass is 10.1. The number of aromatic nitrogens is 1. The number of para-hydroxylation sites is 1. The summed E-state index contributed by atoms with van der Waals surface area (Å²) in [5.41, 5.74) is 0.865. The van der Waals surface area contributed by atoms with Crippen molar-refractivity contribution in [2.45, 2.75) is 9.46 Å². The summed E-state index contributed by atoms with van der Waals surface area (Å²) >= 11 is 1.15. The van der Waals surface area contributed by atoms with E-state index >= 15 is 0 Å². The van der Waals surface area contributed by atoms with E-state index in [2.05, 4.69) is 10.3 Å². The second-order valence-electron chi connectivity index (χ2n) is 5.66. The minimum Gasteiger partial charge on any atom is -0.496 e. The van der Waals surface area contributed by atoms with Gasteiger partial charge < -0.3 is 10.1 Å². The zero-order valence-corrected chi connectivity index (χ0v) is 16.2. The molecule has 0 fully saturated rings. The number of hydrogen-bond acceptors (Lipinski definition) is 6. The molecule has 0 radical (unpaired) electrons. The third-order valence-electron chi connectivity index (χ3n) is 4.01. The number of pyridine rings is 1. The molecule has 140 valence electrons. The Balaban J connectivity index is 1.88. The molecule has 0 bridgehead atoms. The smallest absolute Gasteiger partial charge is 0.255 e. The second kappa shape index (κ2) is 8.32. The van der Waals surface area contributed by atoms with Crippen LogP contribution in [-0.2, 0) is 9.84 Å². The highest BCUT2D eigenvalue weighted by molar-refractivity contribution is 7.93. The van der Waals surface area contributed by atoms with Gasteiger partial charge in [0.05, 0.1) is 12.7 Å². The van der Waals surface area contributed by atoms with Crippen LogP contribution in [0.5, 0.6) is 5.75 Å². The molecule has 0 saturated carbocycles. The number of amides is 1.